The number of likely N-dealkylation sites (N-methyl/N-ethyl adjacent to an activating group) is 1. The summed E-state index contributed by atoms with van der Waals surface area (Å²) >= 11 is 0. The molecule has 0 aromatic heterocycles. The van der Waals surface area contributed by atoms with Gasteiger partial charge in [-0.1, -0.05) is 0 Å². The highest BCUT2D eigenvalue weighted by Gasteiger charge is 2.33. The van der Waals surface area contributed by atoms with Gasteiger partial charge in [0, 0.05) is 39.3 Å². The molecule has 6 nitrogen and oxygen atoms in total. The van der Waals surface area contributed by atoms with E-state index in [0.717, 1.165) is 13.1 Å². The molecule has 0 saturated carbocycles. The van der Waals surface area contributed by atoms with Crippen molar-refractivity contribution in [1.29, 1.82) is 0 Å². The van der Waals surface area contributed by atoms with Crippen LogP contribution in [-0.4, -0.2) is 85.0 Å². The van der Waals surface area contributed by atoms with Crippen molar-refractivity contribution in [2.24, 2.45) is 0 Å². The van der Waals surface area contributed by atoms with Gasteiger partial charge in [-0.2, -0.15) is 0 Å². The van der Waals surface area contributed by atoms with Gasteiger partial charge in [0.05, 0.1) is 12.2 Å². The number of morpholine rings is 1. The van der Waals surface area contributed by atoms with Crippen LogP contribution >= 0.6 is 0 Å². The highest BCUT2D eigenvalue weighted by Crippen LogP contribution is 2.12. The molecule has 2 rings (SSSR count). The molecule has 2 heterocycles. The van der Waals surface area contributed by atoms with Gasteiger partial charge in [-0.05, 0) is 20.9 Å². The van der Waals surface area contributed by atoms with Crippen LogP contribution in [0.25, 0.3) is 0 Å². The maximum atomic E-state index is 12.2. The molecule has 6 heteroatoms. The average molecular weight is 269 g/mol. The molecule has 2 saturated heterocycles. The second kappa shape index (κ2) is 5.88. The molecular formula is C13H23N3O3. The Morgan fingerprint density at radius 1 is 0.895 bits per heavy atom. The van der Waals surface area contributed by atoms with Crippen LogP contribution in [0.2, 0.25) is 0 Å². The van der Waals surface area contributed by atoms with Gasteiger partial charge in [-0.3, -0.25) is 9.59 Å². The fourth-order valence-corrected chi connectivity index (χ4v) is 2.62. The van der Waals surface area contributed by atoms with Crippen LogP contribution in [0.1, 0.15) is 13.8 Å². The number of ether oxygens (including phenoxy) is 1. The van der Waals surface area contributed by atoms with Crippen molar-refractivity contribution >= 4 is 11.8 Å². The van der Waals surface area contributed by atoms with E-state index in [1.165, 1.54) is 0 Å². The summed E-state index contributed by atoms with van der Waals surface area (Å²) in [5.74, 6) is -0.749. The van der Waals surface area contributed by atoms with Crippen LogP contribution in [0.5, 0.6) is 0 Å². The normalized spacial score (nSPS) is 29.4. The second-order valence-electron chi connectivity index (χ2n) is 5.56. The Morgan fingerprint density at radius 2 is 1.37 bits per heavy atom. The van der Waals surface area contributed by atoms with Crippen LogP contribution in [0.3, 0.4) is 0 Å². The van der Waals surface area contributed by atoms with Crippen molar-refractivity contribution in [3.05, 3.63) is 0 Å². The topological polar surface area (TPSA) is 53.1 Å². The minimum Gasteiger partial charge on any atom is -0.372 e. The van der Waals surface area contributed by atoms with E-state index in [1.807, 2.05) is 20.9 Å². The van der Waals surface area contributed by atoms with Gasteiger partial charge < -0.3 is 19.4 Å². The van der Waals surface area contributed by atoms with Gasteiger partial charge in [-0.15, -0.1) is 0 Å². The van der Waals surface area contributed by atoms with E-state index >= 15 is 0 Å². The quantitative estimate of drug-likeness (QED) is 0.551. The number of piperazine rings is 1. The van der Waals surface area contributed by atoms with Crippen LogP contribution in [0.15, 0.2) is 0 Å². The predicted molar refractivity (Wildman–Crippen MR) is 70.7 cm³/mol. The Balaban J connectivity index is 1.93. The number of hydrogen-bond acceptors (Lipinski definition) is 4. The largest absolute Gasteiger partial charge is 0.372 e. The Bertz CT molecular complexity index is 343. The lowest BCUT2D eigenvalue weighted by Crippen LogP contribution is -2.56. The molecule has 0 aromatic rings. The monoisotopic (exact) mass is 269 g/mol. The van der Waals surface area contributed by atoms with E-state index in [9.17, 15) is 9.59 Å². The SMILES string of the molecule is CC1CN(C(=O)C(=O)N2CCN(C)CC2)CC(C)O1. The molecule has 0 bridgehead atoms. The Kier molecular flexibility index (Phi) is 4.42. The molecule has 0 N–H and O–H groups in total. The summed E-state index contributed by atoms with van der Waals surface area (Å²) in [6, 6.07) is 0. The molecule has 0 radical (unpaired) electrons. The van der Waals surface area contributed by atoms with E-state index in [0.29, 0.717) is 26.2 Å². The van der Waals surface area contributed by atoms with Crippen molar-refractivity contribution < 1.29 is 14.3 Å². The molecule has 2 aliphatic heterocycles. The summed E-state index contributed by atoms with van der Waals surface area (Å²) < 4.78 is 5.58. The minimum absolute atomic E-state index is 0.00649. The van der Waals surface area contributed by atoms with Gasteiger partial charge in [-0.25, -0.2) is 0 Å². The Labute approximate surface area is 114 Å². The Hall–Kier alpha value is -1.14. The van der Waals surface area contributed by atoms with Gasteiger partial charge in [0.15, 0.2) is 0 Å². The number of carbonyl (C=O) groups is 2. The molecule has 2 aliphatic rings. The number of rotatable bonds is 0. The molecule has 108 valence electrons. The zero-order chi connectivity index (χ0) is 14.0. The lowest BCUT2D eigenvalue weighted by Gasteiger charge is -2.37. The fourth-order valence-electron chi connectivity index (χ4n) is 2.62. The molecule has 2 atom stereocenters. The molecule has 2 unspecified atom stereocenters. The molecule has 19 heavy (non-hydrogen) atoms. The van der Waals surface area contributed by atoms with Crippen molar-refractivity contribution in [3.63, 3.8) is 0 Å². The van der Waals surface area contributed by atoms with Gasteiger partial charge in [0.25, 0.3) is 0 Å². The summed E-state index contributed by atoms with van der Waals surface area (Å²) in [6.45, 7) is 7.79. The molecule has 2 fully saturated rings. The first kappa shape index (κ1) is 14.3. The highest BCUT2D eigenvalue weighted by atomic mass is 16.5. The first-order valence-electron chi connectivity index (χ1n) is 6.89. The zero-order valence-corrected chi connectivity index (χ0v) is 12.0. The number of nitrogens with zero attached hydrogens (tertiary/aromatic N) is 3. The van der Waals surface area contributed by atoms with E-state index in [1.54, 1.807) is 9.80 Å². The predicted octanol–water partition coefficient (Wildman–Crippen LogP) is -0.604. The van der Waals surface area contributed by atoms with E-state index < -0.39 is 0 Å². The van der Waals surface area contributed by atoms with Crippen molar-refractivity contribution in [1.82, 2.24) is 14.7 Å². The minimum atomic E-state index is -0.383. The second-order valence-corrected chi connectivity index (χ2v) is 5.56. The van der Waals surface area contributed by atoms with Crippen LogP contribution in [0.4, 0.5) is 0 Å². The van der Waals surface area contributed by atoms with Gasteiger partial charge in [0.1, 0.15) is 0 Å². The van der Waals surface area contributed by atoms with E-state index in [2.05, 4.69) is 4.90 Å². The summed E-state index contributed by atoms with van der Waals surface area (Å²) in [5.41, 5.74) is 0. The third-order valence-electron chi connectivity index (χ3n) is 3.68. The van der Waals surface area contributed by atoms with Crippen molar-refractivity contribution in [2.45, 2.75) is 26.1 Å². The first-order valence-corrected chi connectivity index (χ1v) is 6.89. The van der Waals surface area contributed by atoms with E-state index in [4.69, 9.17) is 4.74 Å². The first-order chi connectivity index (χ1) is 8.97. The summed E-state index contributed by atoms with van der Waals surface area (Å²) in [5, 5.41) is 0. The third kappa shape index (κ3) is 3.45. The molecule has 0 aromatic carbocycles. The number of carbonyl (C=O) groups excluding carboxylic acids is 2. The lowest BCUT2D eigenvalue weighted by molar-refractivity contribution is -0.159. The lowest BCUT2D eigenvalue weighted by atomic mass is 10.2. The zero-order valence-electron chi connectivity index (χ0n) is 12.0. The standard InChI is InChI=1S/C13H23N3O3/c1-10-8-16(9-11(2)19-10)13(18)12(17)15-6-4-14(3)5-7-15/h10-11H,4-9H2,1-3H3. The maximum Gasteiger partial charge on any atom is 0.312 e. The molecular weight excluding hydrogens is 246 g/mol. The smallest absolute Gasteiger partial charge is 0.312 e. The van der Waals surface area contributed by atoms with Gasteiger partial charge >= 0.3 is 11.8 Å². The van der Waals surface area contributed by atoms with E-state index in [-0.39, 0.29) is 24.0 Å². The number of hydrogen-bond donors (Lipinski definition) is 0. The number of amides is 2. The average Bonchev–Trinajstić information content (AvgIpc) is 2.37. The van der Waals surface area contributed by atoms with Gasteiger partial charge in [0.2, 0.25) is 0 Å². The Morgan fingerprint density at radius 3 is 1.89 bits per heavy atom. The molecule has 0 spiro atoms. The third-order valence-corrected chi connectivity index (χ3v) is 3.68. The summed E-state index contributed by atoms with van der Waals surface area (Å²) in [7, 11) is 2.02. The maximum absolute atomic E-state index is 12.2. The fraction of sp³-hybridized carbons (Fsp3) is 0.846. The van der Waals surface area contributed by atoms with Crippen LogP contribution in [-0.2, 0) is 14.3 Å². The van der Waals surface area contributed by atoms with Crippen molar-refractivity contribution in [3.8, 4) is 0 Å². The van der Waals surface area contributed by atoms with Crippen LogP contribution in [0, 0.1) is 0 Å². The summed E-state index contributed by atoms with van der Waals surface area (Å²) in [4.78, 5) is 29.9. The molecule has 2 amide bonds. The highest BCUT2D eigenvalue weighted by molar-refractivity contribution is 6.34. The molecule has 0 aliphatic carbocycles. The summed E-state index contributed by atoms with van der Waals surface area (Å²) in [6.07, 6.45) is -0.0130. The van der Waals surface area contributed by atoms with Crippen molar-refractivity contribution in [2.75, 3.05) is 46.3 Å². The van der Waals surface area contributed by atoms with Crippen LogP contribution < -0.4 is 0 Å².